The molecule has 0 atom stereocenters. The fraction of sp³-hybridized carbons (Fsp3) is 0.263. The highest BCUT2D eigenvalue weighted by Crippen LogP contribution is 2.21. The Labute approximate surface area is 167 Å². The standard InChI is InChI=1S/C19H22BrClN4O/c1-22-19(24-12-15-8-9-16(20)10-17(15)21)23-11-13-4-6-14(7-5-13)18(26)25(2)3/h4-10H,11-12H2,1-3H3,(H2,22,23,24). The highest BCUT2D eigenvalue weighted by atomic mass is 79.9. The summed E-state index contributed by atoms with van der Waals surface area (Å²) in [4.78, 5) is 17.7. The Bertz CT molecular complexity index is 791. The minimum Gasteiger partial charge on any atom is -0.352 e. The van der Waals surface area contributed by atoms with E-state index in [9.17, 15) is 4.79 Å². The molecule has 0 aromatic heterocycles. The molecule has 1 amide bonds. The Morgan fingerprint density at radius 3 is 2.35 bits per heavy atom. The van der Waals surface area contributed by atoms with Crippen LogP contribution in [0.3, 0.4) is 0 Å². The molecule has 7 heteroatoms. The van der Waals surface area contributed by atoms with Crippen LogP contribution >= 0.6 is 27.5 Å². The Morgan fingerprint density at radius 2 is 1.77 bits per heavy atom. The number of guanidine groups is 1. The molecule has 2 rings (SSSR count). The molecule has 5 nitrogen and oxygen atoms in total. The predicted molar refractivity (Wildman–Crippen MR) is 111 cm³/mol. The van der Waals surface area contributed by atoms with Crippen LogP contribution in [0.25, 0.3) is 0 Å². The second-order valence-electron chi connectivity index (χ2n) is 5.91. The van der Waals surface area contributed by atoms with Crippen molar-refractivity contribution in [1.82, 2.24) is 15.5 Å². The minimum absolute atomic E-state index is 0.00615. The maximum Gasteiger partial charge on any atom is 0.253 e. The summed E-state index contributed by atoms with van der Waals surface area (Å²) in [7, 11) is 5.20. The van der Waals surface area contributed by atoms with E-state index in [0.717, 1.165) is 15.6 Å². The van der Waals surface area contributed by atoms with Crippen molar-refractivity contribution >= 4 is 39.4 Å². The van der Waals surface area contributed by atoms with Gasteiger partial charge in [-0.1, -0.05) is 45.7 Å². The van der Waals surface area contributed by atoms with Gasteiger partial charge >= 0.3 is 0 Å². The topological polar surface area (TPSA) is 56.7 Å². The zero-order valence-corrected chi connectivity index (χ0v) is 17.4. The highest BCUT2D eigenvalue weighted by Gasteiger charge is 2.07. The van der Waals surface area contributed by atoms with Crippen LogP contribution in [-0.2, 0) is 13.1 Å². The first-order valence-electron chi connectivity index (χ1n) is 8.09. The van der Waals surface area contributed by atoms with Gasteiger partial charge in [-0.3, -0.25) is 9.79 Å². The third kappa shape index (κ3) is 5.75. The third-order valence-electron chi connectivity index (χ3n) is 3.75. The number of carbonyl (C=O) groups excluding carboxylic acids is 1. The molecule has 0 aliphatic rings. The number of rotatable bonds is 5. The van der Waals surface area contributed by atoms with Crippen molar-refractivity contribution in [2.24, 2.45) is 4.99 Å². The second-order valence-corrected chi connectivity index (χ2v) is 7.23. The summed E-state index contributed by atoms with van der Waals surface area (Å²) in [6, 6.07) is 13.3. The number of hydrogen-bond donors (Lipinski definition) is 2. The molecule has 0 unspecified atom stereocenters. The molecule has 2 aromatic rings. The molecular weight excluding hydrogens is 416 g/mol. The van der Waals surface area contributed by atoms with Gasteiger partial charge in [-0.25, -0.2) is 0 Å². The van der Waals surface area contributed by atoms with Gasteiger partial charge in [0, 0.05) is 49.3 Å². The van der Waals surface area contributed by atoms with Crippen LogP contribution in [-0.4, -0.2) is 37.9 Å². The van der Waals surface area contributed by atoms with Crippen LogP contribution in [0.1, 0.15) is 21.5 Å². The van der Waals surface area contributed by atoms with Crippen LogP contribution in [0.4, 0.5) is 0 Å². The van der Waals surface area contributed by atoms with Gasteiger partial charge in [0.25, 0.3) is 5.91 Å². The summed E-state index contributed by atoms with van der Waals surface area (Å²) in [5, 5.41) is 7.19. The zero-order chi connectivity index (χ0) is 19.1. The van der Waals surface area contributed by atoms with E-state index in [2.05, 4.69) is 31.6 Å². The maximum absolute atomic E-state index is 11.9. The van der Waals surface area contributed by atoms with Crippen molar-refractivity contribution in [3.05, 3.63) is 68.7 Å². The van der Waals surface area contributed by atoms with Gasteiger partial charge in [-0.15, -0.1) is 0 Å². The molecule has 0 saturated heterocycles. The third-order valence-corrected chi connectivity index (χ3v) is 4.60. The molecule has 2 N–H and O–H groups in total. The largest absolute Gasteiger partial charge is 0.352 e. The van der Waals surface area contributed by atoms with Gasteiger partial charge in [0.2, 0.25) is 0 Å². The average Bonchev–Trinajstić information content (AvgIpc) is 2.63. The van der Waals surface area contributed by atoms with Crippen molar-refractivity contribution in [3.63, 3.8) is 0 Å². The zero-order valence-electron chi connectivity index (χ0n) is 15.0. The van der Waals surface area contributed by atoms with Crippen molar-refractivity contribution < 1.29 is 4.79 Å². The van der Waals surface area contributed by atoms with E-state index in [1.54, 1.807) is 26.0 Å². The normalized spacial score (nSPS) is 11.2. The molecule has 0 radical (unpaired) electrons. The lowest BCUT2D eigenvalue weighted by atomic mass is 10.1. The summed E-state index contributed by atoms with van der Waals surface area (Å²) in [6.45, 7) is 1.17. The first-order chi connectivity index (χ1) is 12.4. The van der Waals surface area contributed by atoms with E-state index in [1.165, 1.54) is 0 Å². The molecule has 0 spiro atoms. The fourth-order valence-corrected chi connectivity index (χ4v) is 3.01. The van der Waals surface area contributed by atoms with E-state index in [4.69, 9.17) is 11.6 Å². The molecule has 26 heavy (non-hydrogen) atoms. The molecule has 0 heterocycles. The summed E-state index contributed by atoms with van der Waals surface area (Å²) < 4.78 is 0.949. The van der Waals surface area contributed by atoms with E-state index in [1.807, 2.05) is 42.5 Å². The minimum atomic E-state index is -0.00615. The van der Waals surface area contributed by atoms with Crippen molar-refractivity contribution in [3.8, 4) is 0 Å². The summed E-state index contributed by atoms with van der Waals surface area (Å²) in [5.41, 5.74) is 2.72. The molecule has 0 aliphatic heterocycles. The van der Waals surface area contributed by atoms with Crippen LogP contribution in [0.2, 0.25) is 5.02 Å². The molecule has 0 bridgehead atoms. The number of benzene rings is 2. The Morgan fingerprint density at radius 1 is 1.12 bits per heavy atom. The summed E-state index contributed by atoms with van der Waals surface area (Å²) >= 11 is 9.63. The quantitative estimate of drug-likeness (QED) is 0.554. The molecule has 0 aliphatic carbocycles. The highest BCUT2D eigenvalue weighted by molar-refractivity contribution is 9.10. The van der Waals surface area contributed by atoms with E-state index >= 15 is 0 Å². The Kier molecular flexibility index (Phi) is 7.48. The predicted octanol–water partition coefficient (Wildman–Crippen LogP) is 3.67. The molecule has 2 aromatic carbocycles. The SMILES string of the molecule is CN=C(NCc1ccc(C(=O)N(C)C)cc1)NCc1ccc(Br)cc1Cl. The first kappa shape index (κ1) is 20.3. The van der Waals surface area contributed by atoms with Gasteiger partial charge < -0.3 is 15.5 Å². The maximum atomic E-state index is 11.9. The smallest absolute Gasteiger partial charge is 0.253 e. The van der Waals surface area contributed by atoms with Crippen LogP contribution in [0.15, 0.2) is 51.9 Å². The number of nitrogens with zero attached hydrogens (tertiary/aromatic N) is 2. The number of aliphatic imine (C=N–C) groups is 1. The van der Waals surface area contributed by atoms with Gasteiger partial charge in [-0.2, -0.15) is 0 Å². The molecular formula is C19H22BrClN4O. The molecule has 0 saturated carbocycles. The summed E-state index contributed by atoms with van der Waals surface area (Å²) in [6.07, 6.45) is 0. The van der Waals surface area contributed by atoms with E-state index < -0.39 is 0 Å². The van der Waals surface area contributed by atoms with Gasteiger partial charge in [0.15, 0.2) is 5.96 Å². The number of nitrogens with one attached hydrogen (secondary N) is 2. The lowest BCUT2D eigenvalue weighted by Crippen LogP contribution is -2.36. The molecule has 138 valence electrons. The lowest BCUT2D eigenvalue weighted by molar-refractivity contribution is 0.0827. The van der Waals surface area contributed by atoms with Crippen LogP contribution < -0.4 is 10.6 Å². The number of amides is 1. The fourth-order valence-electron chi connectivity index (χ4n) is 2.27. The van der Waals surface area contributed by atoms with Gasteiger partial charge in [0.1, 0.15) is 0 Å². The van der Waals surface area contributed by atoms with Crippen molar-refractivity contribution in [1.29, 1.82) is 0 Å². The Balaban J connectivity index is 1.89. The monoisotopic (exact) mass is 436 g/mol. The van der Waals surface area contributed by atoms with Crippen LogP contribution in [0, 0.1) is 0 Å². The first-order valence-corrected chi connectivity index (χ1v) is 9.27. The number of halogens is 2. The van der Waals surface area contributed by atoms with Crippen molar-refractivity contribution in [2.75, 3.05) is 21.1 Å². The number of hydrogen-bond acceptors (Lipinski definition) is 2. The molecule has 0 fully saturated rings. The van der Waals surface area contributed by atoms with E-state index in [0.29, 0.717) is 29.6 Å². The average molecular weight is 438 g/mol. The van der Waals surface area contributed by atoms with Gasteiger partial charge in [0.05, 0.1) is 0 Å². The van der Waals surface area contributed by atoms with E-state index in [-0.39, 0.29) is 5.91 Å². The Hall–Kier alpha value is -2.05. The van der Waals surface area contributed by atoms with Crippen LogP contribution in [0.5, 0.6) is 0 Å². The summed E-state index contributed by atoms with van der Waals surface area (Å²) in [5.74, 6) is 0.672. The lowest BCUT2D eigenvalue weighted by Gasteiger charge is -2.14. The number of carbonyl (C=O) groups is 1. The van der Waals surface area contributed by atoms with Crippen molar-refractivity contribution in [2.45, 2.75) is 13.1 Å². The van der Waals surface area contributed by atoms with Gasteiger partial charge in [-0.05, 0) is 35.4 Å². The second kappa shape index (κ2) is 9.59.